The molecule has 0 aliphatic heterocycles. The Kier molecular flexibility index (Phi) is 3.44. The van der Waals surface area contributed by atoms with Crippen molar-refractivity contribution in [2.75, 3.05) is 26.0 Å². The smallest absolute Gasteiger partial charge is 0.137 e. The van der Waals surface area contributed by atoms with Crippen molar-refractivity contribution in [3.05, 3.63) is 36.2 Å². The van der Waals surface area contributed by atoms with Gasteiger partial charge in [0.25, 0.3) is 0 Å². The van der Waals surface area contributed by atoms with Gasteiger partial charge in [0, 0.05) is 43.8 Å². The minimum Gasteiger partial charge on any atom is -0.378 e. The summed E-state index contributed by atoms with van der Waals surface area (Å²) in [5.41, 5.74) is 3.40. The Morgan fingerprint density at radius 3 is 2.53 bits per heavy atom. The van der Waals surface area contributed by atoms with Crippen LogP contribution in [0, 0.1) is 0 Å². The number of benzene rings is 1. The van der Waals surface area contributed by atoms with Crippen LogP contribution in [0.15, 0.2) is 30.5 Å². The molecule has 0 saturated heterocycles. The fourth-order valence-corrected chi connectivity index (χ4v) is 1.70. The molecule has 17 heavy (non-hydrogen) atoms. The van der Waals surface area contributed by atoms with Crippen molar-refractivity contribution in [1.82, 2.24) is 15.3 Å². The van der Waals surface area contributed by atoms with E-state index < -0.39 is 0 Å². The highest BCUT2D eigenvalue weighted by atomic mass is 15.1. The van der Waals surface area contributed by atoms with Crippen LogP contribution >= 0.6 is 0 Å². The van der Waals surface area contributed by atoms with Crippen LogP contribution in [0.25, 0.3) is 11.4 Å². The molecule has 4 nitrogen and oxygen atoms in total. The fourth-order valence-electron chi connectivity index (χ4n) is 1.70. The SMILES string of the molecule is CNCc1cnc(-c2ccc(N(C)C)cc2)[nH]1. The molecule has 0 saturated carbocycles. The lowest BCUT2D eigenvalue weighted by Gasteiger charge is -2.12. The molecule has 0 atom stereocenters. The second-order valence-electron chi connectivity index (χ2n) is 4.23. The van der Waals surface area contributed by atoms with Crippen molar-refractivity contribution in [2.45, 2.75) is 6.54 Å². The molecule has 1 heterocycles. The van der Waals surface area contributed by atoms with Crippen molar-refractivity contribution in [2.24, 2.45) is 0 Å². The number of aromatic amines is 1. The van der Waals surface area contributed by atoms with Gasteiger partial charge in [-0.25, -0.2) is 4.98 Å². The quantitative estimate of drug-likeness (QED) is 0.842. The van der Waals surface area contributed by atoms with Crippen LogP contribution < -0.4 is 10.2 Å². The van der Waals surface area contributed by atoms with Crippen molar-refractivity contribution in [3.63, 3.8) is 0 Å². The summed E-state index contributed by atoms with van der Waals surface area (Å²) in [7, 11) is 5.99. The van der Waals surface area contributed by atoms with Gasteiger partial charge in [-0.2, -0.15) is 0 Å². The second-order valence-corrected chi connectivity index (χ2v) is 4.23. The van der Waals surface area contributed by atoms with E-state index in [1.165, 1.54) is 5.69 Å². The Morgan fingerprint density at radius 2 is 1.94 bits per heavy atom. The van der Waals surface area contributed by atoms with Crippen LogP contribution in [0.1, 0.15) is 5.69 Å². The Hall–Kier alpha value is -1.81. The lowest BCUT2D eigenvalue weighted by atomic mass is 10.2. The van der Waals surface area contributed by atoms with Gasteiger partial charge in [-0.15, -0.1) is 0 Å². The first-order valence-corrected chi connectivity index (χ1v) is 5.67. The molecular formula is C13H18N4. The molecule has 1 aromatic carbocycles. The first-order valence-electron chi connectivity index (χ1n) is 5.67. The number of rotatable bonds is 4. The predicted molar refractivity (Wildman–Crippen MR) is 71.1 cm³/mol. The van der Waals surface area contributed by atoms with Crippen molar-refractivity contribution in [3.8, 4) is 11.4 Å². The maximum atomic E-state index is 4.37. The fraction of sp³-hybridized carbons (Fsp3) is 0.308. The van der Waals surface area contributed by atoms with Gasteiger partial charge in [0.1, 0.15) is 5.82 Å². The number of hydrogen-bond donors (Lipinski definition) is 2. The van der Waals surface area contributed by atoms with E-state index in [0.29, 0.717) is 0 Å². The van der Waals surface area contributed by atoms with Crippen molar-refractivity contribution >= 4 is 5.69 Å². The van der Waals surface area contributed by atoms with Gasteiger partial charge in [-0.3, -0.25) is 0 Å². The molecule has 2 N–H and O–H groups in total. The minimum absolute atomic E-state index is 0.808. The van der Waals surface area contributed by atoms with E-state index in [9.17, 15) is 0 Å². The second kappa shape index (κ2) is 5.01. The number of aromatic nitrogens is 2. The summed E-state index contributed by atoms with van der Waals surface area (Å²) >= 11 is 0. The number of nitrogens with one attached hydrogen (secondary N) is 2. The van der Waals surface area contributed by atoms with Gasteiger partial charge in [-0.1, -0.05) is 0 Å². The molecule has 1 aromatic heterocycles. The average Bonchev–Trinajstić information content (AvgIpc) is 2.78. The molecule has 0 unspecified atom stereocenters. The molecule has 2 rings (SSSR count). The van der Waals surface area contributed by atoms with E-state index >= 15 is 0 Å². The monoisotopic (exact) mass is 230 g/mol. The van der Waals surface area contributed by atoms with E-state index in [1.54, 1.807) is 0 Å². The van der Waals surface area contributed by atoms with E-state index in [-0.39, 0.29) is 0 Å². The van der Waals surface area contributed by atoms with Crippen LogP contribution in [0.2, 0.25) is 0 Å². The zero-order chi connectivity index (χ0) is 12.3. The molecule has 90 valence electrons. The maximum Gasteiger partial charge on any atom is 0.137 e. The standard InChI is InChI=1S/C13H18N4/c1-14-8-11-9-15-13(16-11)10-4-6-12(7-5-10)17(2)3/h4-7,9,14H,8H2,1-3H3,(H,15,16). The van der Waals surface area contributed by atoms with Gasteiger partial charge in [0.2, 0.25) is 0 Å². The third-order valence-electron chi connectivity index (χ3n) is 2.65. The first kappa shape index (κ1) is 11.7. The van der Waals surface area contributed by atoms with Crippen LogP contribution in [-0.4, -0.2) is 31.1 Å². The number of hydrogen-bond acceptors (Lipinski definition) is 3. The molecule has 0 bridgehead atoms. The molecule has 4 heteroatoms. The topological polar surface area (TPSA) is 44.0 Å². The molecule has 0 radical (unpaired) electrons. The van der Waals surface area contributed by atoms with E-state index in [1.807, 2.05) is 27.3 Å². The Bertz CT molecular complexity index is 470. The Labute approximate surface area is 102 Å². The Morgan fingerprint density at radius 1 is 1.24 bits per heavy atom. The lowest BCUT2D eigenvalue weighted by molar-refractivity contribution is 0.797. The number of nitrogens with zero attached hydrogens (tertiary/aromatic N) is 2. The zero-order valence-electron chi connectivity index (χ0n) is 10.5. The van der Waals surface area contributed by atoms with E-state index in [2.05, 4.69) is 44.5 Å². The third-order valence-corrected chi connectivity index (χ3v) is 2.65. The highest BCUT2D eigenvalue weighted by molar-refractivity contribution is 5.60. The zero-order valence-corrected chi connectivity index (χ0v) is 10.5. The highest BCUT2D eigenvalue weighted by Crippen LogP contribution is 2.19. The van der Waals surface area contributed by atoms with E-state index in [0.717, 1.165) is 23.6 Å². The minimum atomic E-state index is 0.808. The number of imidazole rings is 1. The van der Waals surface area contributed by atoms with Gasteiger partial charge >= 0.3 is 0 Å². The largest absolute Gasteiger partial charge is 0.378 e. The van der Waals surface area contributed by atoms with Gasteiger partial charge < -0.3 is 15.2 Å². The summed E-state index contributed by atoms with van der Waals surface area (Å²) in [5, 5.41) is 3.09. The summed E-state index contributed by atoms with van der Waals surface area (Å²) < 4.78 is 0. The third kappa shape index (κ3) is 2.65. The normalized spacial score (nSPS) is 10.5. The molecule has 0 amide bonds. The predicted octanol–water partition coefficient (Wildman–Crippen LogP) is 1.86. The first-order chi connectivity index (χ1) is 8.20. The molecule has 0 aliphatic carbocycles. The van der Waals surface area contributed by atoms with Gasteiger partial charge in [-0.05, 0) is 31.3 Å². The average molecular weight is 230 g/mol. The molecule has 0 spiro atoms. The summed E-state index contributed by atoms with van der Waals surface area (Å²) in [4.78, 5) is 9.74. The summed E-state index contributed by atoms with van der Waals surface area (Å²) in [6.07, 6.45) is 1.87. The Balaban J connectivity index is 2.21. The number of anilines is 1. The highest BCUT2D eigenvalue weighted by Gasteiger charge is 2.03. The van der Waals surface area contributed by atoms with Crippen molar-refractivity contribution < 1.29 is 0 Å². The number of H-pyrrole nitrogens is 1. The molecule has 0 aliphatic rings. The molecule has 2 aromatic rings. The van der Waals surface area contributed by atoms with Gasteiger partial charge in [0.15, 0.2) is 0 Å². The maximum absolute atomic E-state index is 4.37. The van der Waals surface area contributed by atoms with E-state index in [4.69, 9.17) is 0 Å². The van der Waals surface area contributed by atoms with Crippen LogP contribution in [0.5, 0.6) is 0 Å². The summed E-state index contributed by atoms with van der Waals surface area (Å²) in [5.74, 6) is 0.917. The van der Waals surface area contributed by atoms with Crippen molar-refractivity contribution in [1.29, 1.82) is 0 Å². The lowest BCUT2D eigenvalue weighted by Crippen LogP contribution is -2.07. The van der Waals surface area contributed by atoms with Gasteiger partial charge in [0.05, 0.1) is 0 Å². The summed E-state index contributed by atoms with van der Waals surface area (Å²) in [6.45, 7) is 0.808. The van der Waals surface area contributed by atoms with Crippen LogP contribution in [-0.2, 0) is 6.54 Å². The molecular weight excluding hydrogens is 212 g/mol. The molecule has 0 fully saturated rings. The summed E-state index contributed by atoms with van der Waals surface area (Å²) in [6, 6.07) is 8.35. The van der Waals surface area contributed by atoms with Crippen LogP contribution in [0.3, 0.4) is 0 Å². The van der Waals surface area contributed by atoms with Crippen LogP contribution in [0.4, 0.5) is 5.69 Å².